The van der Waals surface area contributed by atoms with Gasteiger partial charge in [-0.1, -0.05) is 12.1 Å². The molecule has 0 aliphatic carbocycles. The van der Waals surface area contributed by atoms with Gasteiger partial charge in [-0.3, -0.25) is 4.79 Å². The quantitative estimate of drug-likeness (QED) is 0.875. The average Bonchev–Trinajstić information content (AvgIpc) is 2.98. The van der Waals surface area contributed by atoms with Crippen LogP contribution in [0.25, 0.3) is 0 Å². The highest BCUT2D eigenvalue weighted by molar-refractivity contribution is 5.78. The van der Waals surface area contributed by atoms with E-state index >= 15 is 0 Å². The Hall–Kier alpha value is -2.21. The highest BCUT2D eigenvalue weighted by atomic mass is 19.1. The van der Waals surface area contributed by atoms with E-state index in [4.69, 9.17) is 4.74 Å². The third-order valence-corrected chi connectivity index (χ3v) is 4.63. The van der Waals surface area contributed by atoms with Gasteiger partial charge in [0.15, 0.2) is 0 Å². The molecule has 0 atom stereocenters. The predicted octanol–water partition coefficient (Wildman–Crippen LogP) is 2.46. The van der Waals surface area contributed by atoms with Crippen molar-refractivity contribution in [3.05, 3.63) is 53.4 Å². The van der Waals surface area contributed by atoms with Crippen LogP contribution in [-0.2, 0) is 22.5 Å². The van der Waals surface area contributed by atoms with E-state index in [1.54, 1.807) is 12.1 Å². The molecule has 1 fully saturated rings. The van der Waals surface area contributed by atoms with Crippen LogP contribution in [0.2, 0.25) is 0 Å². The molecule has 1 aromatic heterocycles. The molecule has 0 radical (unpaired) electrons. The van der Waals surface area contributed by atoms with Crippen LogP contribution in [-0.4, -0.2) is 35.2 Å². The molecule has 0 bridgehead atoms. The maximum absolute atomic E-state index is 13.1. The SMILES string of the molecule is Cc1cnc(CCNC(=O)C2CCOCC2)n1Cc1ccc(F)cc1. The predicted molar refractivity (Wildman–Crippen MR) is 92.7 cm³/mol. The van der Waals surface area contributed by atoms with Crippen LogP contribution in [0.3, 0.4) is 0 Å². The number of nitrogens with one attached hydrogen (secondary N) is 1. The fraction of sp³-hybridized carbons (Fsp3) is 0.474. The summed E-state index contributed by atoms with van der Waals surface area (Å²) in [5.74, 6) is 0.863. The van der Waals surface area contributed by atoms with Crippen LogP contribution >= 0.6 is 0 Å². The number of carbonyl (C=O) groups is 1. The minimum absolute atomic E-state index is 0.0643. The molecule has 5 nitrogen and oxygen atoms in total. The lowest BCUT2D eigenvalue weighted by atomic mass is 9.99. The molecule has 0 unspecified atom stereocenters. The van der Waals surface area contributed by atoms with Gasteiger partial charge in [0.05, 0.1) is 0 Å². The summed E-state index contributed by atoms with van der Waals surface area (Å²) in [5, 5.41) is 3.01. The summed E-state index contributed by atoms with van der Waals surface area (Å²) in [5.41, 5.74) is 2.07. The molecule has 1 aliphatic heterocycles. The Morgan fingerprint density at radius 3 is 2.76 bits per heavy atom. The number of carbonyl (C=O) groups excluding carboxylic acids is 1. The number of rotatable bonds is 6. The summed E-state index contributed by atoms with van der Waals surface area (Å²) in [7, 11) is 0. The van der Waals surface area contributed by atoms with E-state index in [0.29, 0.717) is 32.7 Å². The summed E-state index contributed by atoms with van der Waals surface area (Å²) in [6.07, 6.45) is 4.09. The Morgan fingerprint density at radius 1 is 1.32 bits per heavy atom. The van der Waals surface area contributed by atoms with E-state index in [1.807, 2.05) is 13.1 Å². The van der Waals surface area contributed by atoms with Gasteiger partial charge in [0.1, 0.15) is 11.6 Å². The van der Waals surface area contributed by atoms with E-state index in [0.717, 1.165) is 29.9 Å². The molecule has 25 heavy (non-hydrogen) atoms. The van der Waals surface area contributed by atoms with Gasteiger partial charge in [-0.15, -0.1) is 0 Å². The average molecular weight is 345 g/mol. The van der Waals surface area contributed by atoms with Crippen molar-refractivity contribution < 1.29 is 13.9 Å². The zero-order chi connectivity index (χ0) is 17.6. The number of aromatic nitrogens is 2. The standard InChI is InChI=1S/C19H24FN3O2/c1-14-12-22-18(23(14)13-15-2-4-17(20)5-3-15)6-9-21-19(24)16-7-10-25-11-8-16/h2-5,12,16H,6-11,13H2,1H3,(H,21,24). The largest absolute Gasteiger partial charge is 0.381 e. The molecular formula is C19H24FN3O2. The number of imidazole rings is 1. The molecule has 1 N–H and O–H groups in total. The van der Waals surface area contributed by atoms with Crippen LogP contribution in [0.5, 0.6) is 0 Å². The number of hydrogen-bond acceptors (Lipinski definition) is 3. The minimum Gasteiger partial charge on any atom is -0.381 e. The highest BCUT2D eigenvalue weighted by Gasteiger charge is 2.21. The summed E-state index contributed by atoms with van der Waals surface area (Å²) in [6.45, 7) is 4.55. The second kappa shape index (κ2) is 8.25. The van der Waals surface area contributed by atoms with Crippen LogP contribution in [0.4, 0.5) is 4.39 Å². The number of hydrogen-bond donors (Lipinski definition) is 1. The number of amides is 1. The van der Waals surface area contributed by atoms with Crippen LogP contribution < -0.4 is 5.32 Å². The first-order valence-corrected chi connectivity index (χ1v) is 8.74. The van der Waals surface area contributed by atoms with Crippen molar-refractivity contribution >= 4 is 5.91 Å². The lowest BCUT2D eigenvalue weighted by Crippen LogP contribution is -2.35. The lowest BCUT2D eigenvalue weighted by molar-refractivity contribution is -0.127. The zero-order valence-electron chi connectivity index (χ0n) is 14.5. The third kappa shape index (κ3) is 4.66. The van der Waals surface area contributed by atoms with Gasteiger partial charge in [-0.05, 0) is 37.5 Å². The van der Waals surface area contributed by atoms with E-state index in [9.17, 15) is 9.18 Å². The van der Waals surface area contributed by atoms with Crippen LogP contribution in [0.15, 0.2) is 30.5 Å². The second-order valence-corrected chi connectivity index (χ2v) is 6.46. The second-order valence-electron chi connectivity index (χ2n) is 6.46. The Labute approximate surface area is 147 Å². The van der Waals surface area contributed by atoms with E-state index in [-0.39, 0.29) is 17.6 Å². The zero-order valence-corrected chi connectivity index (χ0v) is 14.5. The van der Waals surface area contributed by atoms with Crippen molar-refractivity contribution in [3.63, 3.8) is 0 Å². The first-order chi connectivity index (χ1) is 12.1. The Balaban J connectivity index is 1.56. The van der Waals surface area contributed by atoms with Crippen molar-refractivity contribution in [1.29, 1.82) is 0 Å². The lowest BCUT2D eigenvalue weighted by Gasteiger charge is -2.21. The van der Waals surface area contributed by atoms with Gasteiger partial charge in [-0.2, -0.15) is 0 Å². The summed E-state index contributed by atoms with van der Waals surface area (Å²) in [6, 6.07) is 6.50. The van der Waals surface area contributed by atoms with Crippen LogP contribution in [0, 0.1) is 18.7 Å². The summed E-state index contributed by atoms with van der Waals surface area (Å²) < 4.78 is 20.4. The molecule has 134 valence electrons. The van der Waals surface area contributed by atoms with Crippen LogP contribution in [0.1, 0.15) is 29.9 Å². The summed E-state index contributed by atoms with van der Waals surface area (Å²) >= 11 is 0. The van der Waals surface area contributed by atoms with E-state index < -0.39 is 0 Å². The third-order valence-electron chi connectivity index (χ3n) is 4.63. The molecule has 1 aliphatic rings. The normalized spacial score (nSPS) is 15.3. The topological polar surface area (TPSA) is 56.1 Å². The van der Waals surface area contributed by atoms with Gasteiger partial charge in [0.25, 0.3) is 0 Å². The molecule has 3 rings (SSSR count). The molecule has 1 aromatic carbocycles. The highest BCUT2D eigenvalue weighted by Crippen LogP contribution is 2.15. The number of ether oxygens (including phenoxy) is 1. The number of halogens is 1. The van der Waals surface area contributed by atoms with Crippen molar-refractivity contribution in [3.8, 4) is 0 Å². The fourth-order valence-corrected chi connectivity index (χ4v) is 3.10. The monoisotopic (exact) mass is 345 g/mol. The first kappa shape index (κ1) is 17.6. The fourth-order valence-electron chi connectivity index (χ4n) is 3.10. The van der Waals surface area contributed by atoms with Gasteiger partial charge >= 0.3 is 0 Å². The molecule has 1 saturated heterocycles. The van der Waals surface area contributed by atoms with Crippen molar-refractivity contribution in [2.24, 2.45) is 5.92 Å². The first-order valence-electron chi connectivity index (χ1n) is 8.74. The molecule has 1 amide bonds. The van der Waals surface area contributed by atoms with E-state index in [2.05, 4.69) is 14.9 Å². The van der Waals surface area contributed by atoms with Gasteiger partial charge in [-0.25, -0.2) is 9.37 Å². The van der Waals surface area contributed by atoms with Gasteiger partial charge in [0, 0.05) is 50.5 Å². The van der Waals surface area contributed by atoms with Gasteiger partial charge in [0.2, 0.25) is 5.91 Å². The van der Waals surface area contributed by atoms with E-state index in [1.165, 1.54) is 12.1 Å². The Bertz CT molecular complexity index is 706. The molecule has 2 heterocycles. The molecule has 0 spiro atoms. The number of benzene rings is 1. The molecular weight excluding hydrogens is 321 g/mol. The van der Waals surface area contributed by atoms with Crippen molar-refractivity contribution in [2.75, 3.05) is 19.8 Å². The molecule has 2 aromatic rings. The van der Waals surface area contributed by atoms with Crippen molar-refractivity contribution in [1.82, 2.24) is 14.9 Å². The molecule has 0 saturated carbocycles. The summed E-state index contributed by atoms with van der Waals surface area (Å²) in [4.78, 5) is 16.6. The maximum atomic E-state index is 13.1. The maximum Gasteiger partial charge on any atom is 0.223 e. The number of aryl methyl sites for hydroxylation is 1. The Kier molecular flexibility index (Phi) is 5.81. The van der Waals surface area contributed by atoms with Crippen molar-refractivity contribution in [2.45, 2.75) is 32.7 Å². The minimum atomic E-state index is -0.234. The molecule has 6 heteroatoms. The van der Waals surface area contributed by atoms with Gasteiger partial charge < -0.3 is 14.6 Å². The number of nitrogens with zero attached hydrogens (tertiary/aromatic N) is 2. The Morgan fingerprint density at radius 2 is 2.04 bits per heavy atom. The smallest absolute Gasteiger partial charge is 0.223 e.